The van der Waals surface area contributed by atoms with Crippen molar-refractivity contribution in [3.63, 3.8) is 0 Å². The summed E-state index contributed by atoms with van der Waals surface area (Å²) < 4.78 is 3.82. The molecule has 1 aliphatic rings. The van der Waals surface area contributed by atoms with Crippen LogP contribution in [0.4, 0.5) is 0 Å². The van der Waals surface area contributed by atoms with Crippen molar-refractivity contribution in [3.05, 3.63) is 61.4 Å². The first-order valence-electron chi connectivity index (χ1n) is 10.4. The summed E-state index contributed by atoms with van der Waals surface area (Å²) in [6.45, 7) is 2.07. The predicted octanol–water partition coefficient (Wildman–Crippen LogP) is 3.55. The van der Waals surface area contributed by atoms with Gasteiger partial charge in [0.15, 0.2) is 5.82 Å². The third-order valence-electron chi connectivity index (χ3n) is 5.65. The molecule has 152 valence electrons. The van der Waals surface area contributed by atoms with Gasteiger partial charge in [-0.15, -0.1) is 0 Å². The lowest BCUT2D eigenvalue weighted by molar-refractivity contribution is 0.481. The van der Waals surface area contributed by atoms with Gasteiger partial charge in [-0.1, -0.05) is 18.2 Å². The molecule has 0 spiro atoms. The second kappa shape index (κ2) is 8.20. The first kappa shape index (κ1) is 18.7. The van der Waals surface area contributed by atoms with Gasteiger partial charge >= 0.3 is 0 Å². The average molecular weight is 400 g/mol. The third-order valence-corrected chi connectivity index (χ3v) is 5.65. The Balaban J connectivity index is 1.30. The van der Waals surface area contributed by atoms with Crippen LogP contribution in [0.2, 0.25) is 0 Å². The van der Waals surface area contributed by atoms with E-state index in [2.05, 4.69) is 43.8 Å². The van der Waals surface area contributed by atoms with Crippen molar-refractivity contribution < 1.29 is 0 Å². The van der Waals surface area contributed by atoms with Gasteiger partial charge in [0.1, 0.15) is 0 Å². The fraction of sp³-hybridized carbons (Fsp3) is 0.304. The Morgan fingerprint density at radius 1 is 0.933 bits per heavy atom. The van der Waals surface area contributed by atoms with Gasteiger partial charge in [0.05, 0.1) is 12.4 Å². The second-order valence-electron chi connectivity index (χ2n) is 7.85. The molecule has 0 saturated carbocycles. The van der Waals surface area contributed by atoms with E-state index in [4.69, 9.17) is 0 Å². The molecule has 3 aromatic heterocycles. The molecule has 4 aromatic rings. The maximum absolute atomic E-state index is 4.60. The number of hydrogen-bond donors (Lipinski definition) is 1. The Labute approximate surface area is 175 Å². The molecule has 1 aromatic carbocycles. The summed E-state index contributed by atoms with van der Waals surface area (Å²) in [5, 5.41) is 12.3. The van der Waals surface area contributed by atoms with Crippen LogP contribution in [0.3, 0.4) is 0 Å². The normalized spacial score (nSPS) is 16.2. The van der Waals surface area contributed by atoms with Crippen LogP contribution in [-0.4, -0.2) is 42.1 Å². The molecule has 1 N–H and O–H groups in total. The van der Waals surface area contributed by atoms with Crippen LogP contribution < -0.4 is 5.32 Å². The SMILES string of the molecule is Cn1cc(-c2cccc(-c3ncc(-c4cnn(CC[C@H]5CCCN5)c4)cn3)c2)cn1. The zero-order valence-electron chi connectivity index (χ0n) is 17.1. The molecule has 0 bridgehead atoms. The summed E-state index contributed by atoms with van der Waals surface area (Å²) in [6.07, 6.45) is 15.3. The van der Waals surface area contributed by atoms with Crippen LogP contribution >= 0.6 is 0 Å². The van der Waals surface area contributed by atoms with E-state index >= 15 is 0 Å². The zero-order valence-corrected chi connectivity index (χ0v) is 17.1. The number of rotatable bonds is 6. The number of nitrogens with one attached hydrogen (secondary N) is 1. The number of aromatic nitrogens is 6. The molecule has 1 aliphatic heterocycles. The molecule has 0 aliphatic carbocycles. The molecule has 0 amide bonds. The summed E-state index contributed by atoms with van der Waals surface area (Å²) in [6, 6.07) is 8.86. The fourth-order valence-electron chi connectivity index (χ4n) is 3.96. The van der Waals surface area contributed by atoms with E-state index in [1.807, 2.05) is 54.8 Å². The van der Waals surface area contributed by atoms with E-state index in [0.717, 1.165) is 47.3 Å². The van der Waals surface area contributed by atoms with E-state index in [9.17, 15) is 0 Å². The van der Waals surface area contributed by atoms with Gasteiger partial charge in [-0.25, -0.2) is 9.97 Å². The average Bonchev–Trinajstić information content (AvgIpc) is 3.55. The smallest absolute Gasteiger partial charge is 0.159 e. The van der Waals surface area contributed by atoms with Gasteiger partial charge in [0.2, 0.25) is 0 Å². The van der Waals surface area contributed by atoms with E-state index in [1.54, 1.807) is 4.68 Å². The first-order valence-corrected chi connectivity index (χ1v) is 10.4. The van der Waals surface area contributed by atoms with Gasteiger partial charge in [-0.05, 0) is 37.4 Å². The van der Waals surface area contributed by atoms with Crippen molar-refractivity contribution in [2.75, 3.05) is 6.54 Å². The Hall–Kier alpha value is -3.32. The Kier molecular flexibility index (Phi) is 5.11. The minimum atomic E-state index is 0.627. The Morgan fingerprint density at radius 2 is 1.73 bits per heavy atom. The fourth-order valence-corrected chi connectivity index (χ4v) is 3.96. The first-order chi connectivity index (χ1) is 14.7. The Bertz CT molecular complexity index is 1120. The van der Waals surface area contributed by atoms with Crippen molar-refractivity contribution in [1.82, 2.24) is 34.8 Å². The van der Waals surface area contributed by atoms with Crippen LogP contribution in [0.1, 0.15) is 19.3 Å². The molecule has 0 radical (unpaired) electrons. The molecule has 0 unspecified atom stereocenters. The molecule has 7 nitrogen and oxygen atoms in total. The van der Waals surface area contributed by atoms with Crippen LogP contribution in [0, 0.1) is 0 Å². The van der Waals surface area contributed by atoms with Gasteiger partial charge in [-0.3, -0.25) is 9.36 Å². The van der Waals surface area contributed by atoms with Crippen LogP contribution in [0.5, 0.6) is 0 Å². The Morgan fingerprint density at radius 3 is 2.50 bits per heavy atom. The number of benzene rings is 1. The highest BCUT2D eigenvalue weighted by Crippen LogP contribution is 2.25. The van der Waals surface area contributed by atoms with Crippen molar-refractivity contribution in [1.29, 1.82) is 0 Å². The van der Waals surface area contributed by atoms with Crippen molar-refractivity contribution >= 4 is 0 Å². The molecule has 1 fully saturated rings. The summed E-state index contributed by atoms with van der Waals surface area (Å²) in [4.78, 5) is 9.21. The predicted molar refractivity (Wildman–Crippen MR) is 117 cm³/mol. The maximum atomic E-state index is 4.60. The largest absolute Gasteiger partial charge is 0.314 e. The van der Waals surface area contributed by atoms with Crippen molar-refractivity contribution in [2.24, 2.45) is 7.05 Å². The topological polar surface area (TPSA) is 73.5 Å². The van der Waals surface area contributed by atoms with E-state index in [0.29, 0.717) is 11.9 Å². The van der Waals surface area contributed by atoms with E-state index < -0.39 is 0 Å². The second-order valence-corrected chi connectivity index (χ2v) is 7.85. The minimum absolute atomic E-state index is 0.627. The van der Waals surface area contributed by atoms with E-state index in [1.165, 1.54) is 12.8 Å². The number of nitrogens with zero attached hydrogens (tertiary/aromatic N) is 6. The third kappa shape index (κ3) is 4.02. The van der Waals surface area contributed by atoms with Gasteiger partial charge in [0.25, 0.3) is 0 Å². The number of hydrogen-bond acceptors (Lipinski definition) is 5. The lowest BCUT2D eigenvalue weighted by Crippen LogP contribution is -2.22. The quantitative estimate of drug-likeness (QED) is 0.537. The van der Waals surface area contributed by atoms with E-state index in [-0.39, 0.29) is 0 Å². The van der Waals surface area contributed by atoms with Crippen LogP contribution in [0.15, 0.2) is 61.4 Å². The molecule has 4 heterocycles. The standard InChI is InChI=1S/C23H25N7/c1-29-15-20(13-27-29)17-4-2-5-18(10-17)23-25-11-19(12-26-23)21-14-28-30(16-21)9-7-22-6-3-8-24-22/h2,4-5,10-16,22,24H,3,6-9H2,1H3/t22-/m1/s1. The molecular weight excluding hydrogens is 374 g/mol. The summed E-state index contributed by atoms with van der Waals surface area (Å²) in [5.74, 6) is 0.712. The van der Waals surface area contributed by atoms with Gasteiger partial charge in [-0.2, -0.15) is 10.2 Å². The summed E-state index contributed by atoms with van der Waals surface area (Å²) in [7, 11) is 1.92. The zero-order chi connectivity index (χ0) is 20.3. The molecule has 1 saturated heterocycles. The highest BCUT2D eigenvalue weighted by Gasteiger charge is 2.14. The minimum Gasteiger partial charge on any atom is -0.314 e. The van der Waals surface area contributed by atoms with Crippen molar-refractivity contribution in [2.45, 2.75) is 31.8 Å². The highest BCUT2D eigenvalue weighted by molar-refractivity contribution is 5.70. The van der Waals surface area contributed by atoms with Gasteiger partial charge in [0, 0.05) is 66.7 Å². The molecule has 30 heavy (non-hydrogen) atoms. The maximum Gasteiger partial charge on any atom is 0.159 e. The molecule has 7 heteroatoms. The highest BCUT2D eigenvalue weighted by atomic mass is 15.3. The molecule has 5 rings (SSSR count). The number of aryl methyl sites for hydroxylation is 2. The summed E-state index contributed by atoms with van der Waals surface area (Å²) >= 11 is 0. The molecular formula is C23H25N7. The van der Waals surface area contributed by atoms with Gasteiger partial charge < -0.3 is 5.32 Å². The van der Waals surface area contributed by atoms with Crippen molar-refractivity contribution in [3.8, 4) is 33.6 Å². The lowest BCUT2D eigenvalue weighted by atomic mass is 10.1. The monoisotopic (exact) mass is 399 g/mol. The van der Waals surface area contributed by atoms with Crippen LogP contribution in [-0.2, 0) is 13.6 Å². The molecule has 1 atom stereocenters. The lowest BCUT2D eigenvalue weighted by Gasteiger charge is -2.09. The summed E-state index contributed by atoms with van der Waals surface area (Å²) in [5.41, 5.74) is 5.20. The van der Waals surface area contributed by atoms with Crippen LogP contribution in [0.25, 0.3) is 33.6 Å².